The number of para-hydroxylation sites is 1. The maximum atomic E-state index is 12.7. The fraction of sp³-hybridized carbons (Fsp3) is 0.526. The SMILES string of the molecule is O=C(Cn1nc2n(c1=O)CCCCC2)NCCS(=O)(=O)N1CCc2ccccc21. The number of hydrogen-bond acceptors (Lipinski definition) is 5. The molecule has 156 valence electrons. The Morgan fingerprint density at radius 2 is 1.93 bits per heavy atom. The van der Waals surface area contributed by atoms with Gasteiger partial charge in [-0.3, -0.25) is 13.7 Å². The number of aryl methyl sites for hydroxylation is 1. The van der Waals surface area contributed by atoms with Crippen molar-refractivity contribution in [3.8, 4) is 0 Å². The number of anilines is 1. The van der Waals surface area contributed by atoms with E-state index in [2.05, 4.69) is 10.4 Å². The van der Waals surface area contributed by atoms with Gasteiger partial charge in [-0.25, -0.2) is 17.9 Å². The third-order valence-electron chi connectivity index (χ3n) is 5.44. The van der Waals surface area contributed by atoms with Crippen molar-refractivity contribution in [1.29, 1.82) is 0 Å². The lowest BCUT2D eigenvalue weighted by molar-refractivity contribution is -0.121. The fourth-order valence-electron chi connectivity index (χ4n) is 3.95. The number of nitrogens with one attached hydrogen (secondary N) is 1. The van der Waals surface area contributed by atoms with Crippen LogP contribution in [0.3, 0.4) is 0 Å². The summed E-state index contributed by atoms with van der Waals surface area (Å²) in [5.74, 6) is 0.106. The molecule has 0 fully saturated rings. The molecule has 10 heteroatoms. The molecule has 2 aliphatic heterocycles. The molecule has 2 aromatic rings. The van der Waals surface area contributed by atoms with Crippen molar-refractivity contribution in [2.75, 3.05) is 23.1 Å². The van der Waals surface area contributed by atoms with Crippen LogP contribution in [0.2, 0.25) is 0 Å². The first-order valence-corrected chi connectivity index (χ1v) is 11.6. The summed E-state index contributed by atoms with van der Waals surface area (Å²) in [4.78, 5) is 24.6. The lowest BCUT2D eigenvalue weighted by Gasteiger charge is -2.19. The van der Waals surface area contributed by atoms with E-state index in [1.807, 2.05) is 18.2 Å². The second-order valence-corrected chi connectivity index (χ2v) is 9.45. The summed E-state index contributed by atoms with van der Waals surface area (Å²) in [5.41, 5.74) is 1.45. The zero-order chi connectivity index (χ0) is 20.4. The molecule has 0 bridgehead atoms. The summed E-state index contributed by atoms with van der Waals surface area (Å²) >= 11 is 0. The minimum Gasteiger partial charge on any atom is -0.353 e. The molecule has 1 amide bonds. The summed E-state index contributed by atoms with van der Waals surface area (Å²) in [6.45, 7) is 0.837. The third kappa shape index (κ3) is 4.07. The second kappa shape index (κ2) is 8.02. The van der Waals surface area contributed by atoms with Gasteiger partial charge in [0.2, 0.25) is 15.9 Å². The molecule has 1 aromatic carbocycles. The van der Waals surface area contributed by atoms with E-state index in [0.29, 0.717) is 25.2 Å². The summed E-state index contributed by atoms with van der Waals surface area (Å²) in [6, 6.07) is 7.44. The molecule has 9 nitrogen and oxygen atoms in total. The molecule has 0 unspecified atom stereocenters. The maximum Gasteiger partial charge on any atom is 0.346 e. The number of rotatable bonds is 6. The van der Waals surface area contributed by atoms with Gasteiger partial charge in [0.15, 0.2) is 0 Å². The largest absolute Gasteiger partial charge is 0.353 e. The molecule has 0 saturated carbocycles. The quantitative estimate of drug-likeness (QED) is 0.724. The van der Waals surface area contributed by atoms with Crippen LogP contribution in [0.1, 0.15) is 30.7 Å². The monoisotopic (exact) mass is 419 g/mol. The van der Waals surface area contributed by atoms with Crippen LogP contribution in [-0.4, -0.2) is 47.5 Å². The molecule has 2 aliphatic rings. The summed E-state index contributed by atoms with van der Waals surface area (Å²) < 4.78 is 29.5. The average molecular weight is 420 g/mol. The number of carbonyl (C=O) groups is 1. The highest BCUT2D eigenvalue weighted by atomic mass is 32.2. The molecule has 29 heavy (non-hydrogen) atoms. The van der Waals surface area contributed by atoms with Crippen LogP contribution in [0.4, 0.5) is 5.69 Å². The first kappa shape index (κ1) is 19.7. The van der Waals surface area contributed by atoms with Gasteiger partial charge in [-0.2, -0.15) is 5.10 Å². The summed E-state index contributed by atoms with van der Waals surface area (Å²) in [5, 5.41) is 6.88. The van der Waals surface area contributed by atoms with Gasteiger partial charge < -0.3 is 5.32 Å². The Morgan fingerprint density at radius 1 is 1.10 bits per heavy atom. The van der Waals surface area contributed by atoms with Crippen LogP contribution in [-0.2, 0) is 40.7 Å². The van der Waals surface area contributed by atoms with Crippen LogP contribution in [0.15, 0.2) is 29.1 Å². The van der Waals surface area contributed by atoms with Crippen molar-refractivity contribution in [2.45, 2.75) is 45.2 Å². The highest BCUT2D eigenvalue weighted by molar-refractivity contribution is 7.92. The van der Waals surface area contributed by atoms with E-state index in [-0.39, 0.29) is 24.5 Å². The number of aromatic nitrogens is 3. The van der Waals surface area contributed by atoms with Gasteiger partial charge in [-0.1, -0.05) is 24.6 Å². The molecular formula is C19H25N5O4S. The molecule has 1 aromatic heterocycles. The van der Waals surface area contributed by atoms with E-state index < -0.39 is 15.9 Å². The zero-order valence-corrected chi connectivity index (χ0v) is 17.0. The van der Waals surface area contributed by atoms with Gasteiger partial charge in [-0.05, 0) is 30.9 Å². The van der Waals surface area contributed by atoms with Gasteiger partial charge in [0.25, 0.3) is 0 Å². The third-order valence-corrected chi connectivity index (χ3v) is 7.21. The molecule has 0 saturated heterocycles. The Balaban J connectivity index is 1.33. The Hall–Kier alpha value is -2.62. The molecule has 0 atom stereocenters. The minimum absolute atomic E-state index is 0.0118. The molecule has 0 radical (unpaired) electrons. The number of carbonyl (C=O) groups excluding carboxylic acids is 1. The van der Waals surface area contributed by atoms with Crippen molar-refractivity contribution in [3.63, 3.8) is 0 Å². The predicted molar refractivity (Wildman–Crippen MR) is 108 cm³/mol. The Bertz CT molecular complexity index is 1070. The molecule has 3 heterocycles. The molecule has 0 spiro atoms. The van der Waals surface area contributed by atoms with Crippen molar-refractivity contribution >= 4 is 21.6 Å². The van der Waals surface area contributed by atoms with Crippen molar-refractivity contribution in [1.82, 2.24) is 19.7 Å². The predicted octanol–water partition coefficient (Wildman–Crippen LogP) is 0.280. The van der Waals surface area contributed by atoms with Crippen LogP contribution in [0, 0.1) is 0 Å². The maximum absolute atomic E-state index is 12.7. The second-order valence-electron chi connectivity index (χ2n) is 7.44. The van der Waals surface area contributed by atoms with Gasteiger partial charge in [0.05, 0.1) is 11.4 Å². The van der Waals surface area contributed by atoms with Crippen LogP contribution < -0.4 is 15.3 Å². The average Bonchev–Trinajstić information content (AvgIpc) is 3.15. The number of fused-ring (bicyclic) bond motifs is 2. The fourth-order valence-corrected chi connectivity index (χ4v) is 5.37. The topological polar surface area (TPSA) is 106 Å². The van der Waals surface area contributed by atoms with Gasteiger partial charge >= 0.3 is 5.69 Å². The van der Waals surface area contributed by atoms with E-state index in [9.17, 15) is 18.0 Å². The van der Waals surface area contributed by atoms with Crippen molar-refractivity contribution in [2.24, 2.45) is 0 Å². The smallest absolute Gasteiger partial charge is 0.346 e. The number of nitrogens with zero attached hydrogens (tertiary/aromatic N) is 4. The van der Waals surface area contributed by atoms with E-state index in [4.69, 9.17) is 0 Å². The van der Waals surface area contributed by atoms with Crippen molar-refractivity contribution in [3.05, 3.63) is 46.1 Å². The molecule has 4 rings (SSSR count). The van der Waals surface area contributed by atoms with Crippen LogP contribution in [0.5, 0.6) is 0 Å². The van der Waals surface area contributed by atoms with E-state index in [1.165, 1.54) is 8.99 Å². The van der Waals surface area contributed by atoms with Crippen LogP contribution in [0.25, 0.3) is 0 Å². The van der Waals surface area contributed by atoms with E-state index in [1.54, 1.807) is 10.6 Å². The normalized spacial score (nSPS) is 16.2. The lowest BCUT2D eigenvalue weighted by Crippen LogP contribution is -2.39. The Labute approximate surface area is 169 Å². The lowest BCUT2D eigenvalue weighted by atomic mass is 10.2. The van der Waals surface area contributed by atoms with Gasteiger partial charge in [-0.15, -0.1) is 0 Å². The first-order chi connectivity index (χ1) is 14.0. The summed E-state index contributed by atoms with van der Waals surface area (Å²) in [6.07, 6.45) is 4.41. The van der Waals surface area contributed by atoms with Crippen LogP contribution >= 0.6 is 0 Å². The van der Waals surface area contributed by atoms with Gasteiger partial charge in [0, 0.05) is 26.1 Å². The molecule has 0 aliphatic carbocycles. The Morgan fingerprint density at radius 3 is 2.79 bits per heavy atom. The number of sulfonamides is 1. The standard InChI is InChI=1S/C19H25N5O4S/c25-18(14-23-19(26)22-11-5-1-2-8-17(22)21-23)20-10-13-29(27,28)24-12-9-15-6-3-4-7-16(15)24/h3-4,6-7H,1-2,5,8-14H2,(H,20,25). The highest BCUT2D eigenvalue weighted by Gasteiger charge is 2.28. The molecule has 1 N–H and O–H groups in total. The van der Waals surface area contributed by atoms with Crippen molar-refractivity contribution < 1.29 is 13.2 Å². The number of amides is 1. The first-order valence-electron chi connectivity index (χ1n) is 9.97. The molecular weight excluding hydrogens is 394 g/mol. The number of benzene rings is 1. The highest BCUT2D eigenvalue weighted by Crippen LogP contribution is 2.29. The Kier molecular flexibility index (Phi) is 5.44. The zero-order valence-electron chi connectivity index (χ0n) is 16.2. The van der Waals surface area contributed by atoms with E-state index >= 15 is 0 Å². The minimum atomic E-state index is -3.53. The summed E-state index contributed by atoms with van der Waals surface area (Å²) in [7, 11) is -3.53. The van der Waals surface area contributed by atoms with Gasteiger partial charge in [0.1, 0.15) is 12.4 Å². The number of hydrogen-bond donors (Lipinski definition) is 1. The van der Waals surface area contributed by atoms with E-state index in [0.717, 1.165) is 37.1 Å².